The minimum absolute atomic E-state index is 0.122. The third-order valence-corrected chi connectivity index (χ3v) is 7.28. The zero-order valence-corrected chi connectivity index (χ0v) is 18.6. The molecule has 2 aliphatic heterocycles. The first-order valence-corrected chi connectivity index (χ1v) is 11.9. The van der Waals surface area contributed by atoms with Gasteiger partial charge in [0, 0.05) is 36.1 Å². The third kappa shape index (κ3) is 3.80. The number of benzene rings is 2. The molecule has 7 heteroatoms. The van der Waals surface area contributed by atoms with Crippen LogP contribution in [0.4, 0.5) is 0 Å². The van der Waals surface area contributed by atoms with Crippen LogP contribution >= 0.6 is 0 Å². The third-order valence-electron chi connectivity index (χ3n) is 7.28. The number of amides is 1. The highest BCUT2D eigenvalue weighted by Gasteiger charge is 2.47. The summed E-state index contributed by atoms with van der Waals surface area (Å²) in [6, 6.07) is 16.6. The molecule has 170 valence electrons. The fourth-order valence-electron chi connectivity index (χ4n) is 5.69. The number of carbonyl (C=O) groups is 1. The van der Waals surface area contributed by atoms with Crippen LogP contribution in [0.1, 0.15) is 49.3 Å². The average Bonchev–Trinajstić information content (AvgIpc) is 3.53. The van der Waals surface area contributed by atoms with Crippen LogP contribution in [-0.2, 0) is 11.3 Å². The molecule has 1 saturated heterocycles. The van der Waals surface area contributed by atoms with E-state index in [-0.39, 0.29) is 23.8 Å². The van der Waals surface area contributed by atoms with E-state index in [1.165, 1.54) is 18.4 Å². The van der Waals surface area contributed by atoms with Crippen molar-refractivity contribution in [3.05, 3.63) is 66.1 Å². The molecule has 1 amide bonds. The van der Waals surface area contributed by atoms with E-state index < -0.39 is 0 Å². The molecule has 1 aliphatic carbocycles. The van der Waals surface area contributed by atoms with Gasteiger partial charge in [-0.25, -0.2) is 5.01 Å². The van der Waals surface area contributed by atoms with E-state index in [1.807, 2.05) is 29.3 Å². The second-order valence-corrected chi connectivity index (χ2v) is 9.36. The van der Waals surface area contributed by atoms with Crippen LogP contribution in [0.25, 0.3) is 11.4 Å². The summed E-state index contributed by atoms with van der Waals surface area (Å²) in [5, 5.41) is 8.31. The van der Waals surface area contributed by atoms with Gasteiger partial charge in [-0.2, -0.15) is 4.98 Å². The average molecular weight is 445 g/mol. The standard InChI is InChI=1S/C26H28N4O3/c31-26(19-8-2-1-3-9-19)30-15-21-16-32-23-12-5-4-11-22(23)24(21)29(30)14-18-7-6-10-20(13-18)25-27-17-33-28-25/h4-7,10-13,17,19,21,24H,1-3,8-9,14-16H2/t21-,24-/m1/s1. The Morgan fingerprint density at radius 2 is 1.94 bits per heavy atom. The maximum atomic E-state index is 13.7. The molecule has 0 N–H and O–H groups in total. The van der Waals surface area contributed by atoms with E-state index in [0.29, 0.717) is 25.5 Å². The number of hydrazine groups is 1. The molecule has 2 fully saturated rings. The second kappa shape index (κ2) is 8.63. The molecular weight excluding hydrogens is 416 g/mol. The minimum atomic E-state index is 0.122. The molecule has 0 bridgehead atoms. The molecule has 2 atom stereocenters. The maximum absolute atomic E-state index is 13.7. The van der Waals surface area contributed by atoms with Crippen molar-refractivity contribution in [2.75, 3.05) is 13.2 Å². The van der Waals surface area contributed by atoms with Gasteiger partial charge in [0.15, 0.2) is 0 Å². The summed E-state index contributed by atoms with van der Waals surface area (Å²) in [6.45, 7) is 1.98. The Morgan fingerprint density at radius 3 is 2.79 bits per heavy atom. The van der Waals surface area contributed by atoms with Crippen molar-refractivity contribution in [1.82, 2.24) is 20.2 Å². The van der Waals surface area contributed by atoms with Crippen LogP contribution < -0.4 is 4.74 Å². The molecule has 1 aromatic heterocycles. The number of hydrogen-bond donors (Lipinski definition) is 0. The quantitative estimate of drug-likeness (QED) is 0.584. The summed E-state index contributed by atoms with van der Waals surface area (Å²) >= 11 is 0. The Morgan fingerprint density at radius 1 is 1.06 bits per heavy atom. The lowest BCUT2D eigenvalue weighted by Gasteiger charge is -2.37. The van der Waals surface area contributed by atoms with Crippen molar-refractivity contribution in [2.24, 2.45) is 11.8 Å². The molecule has 2 aromatic carbocycles. The smallest absolute Gasteiger partial charge is 0.240 e. The lowest BCUT2D eigenvalue weighted by Crippen LogP contribution is -2.45. The molecule has 1 saturated carbocycles. The Labute approximate surface area is 193 Å². The van der Waals surface area contributed by atoms with Gasteiger partial charge in [0.05, 0.1) is 12.6 Å². The molecule has 6 rings (SSSR count). The summed E-state index contributed by atoms with van der Waals surface area (Å²) in [5.74, 6) is 2.16. The molecule has 3 heterocycles. The molecule has 7 nitrogen and oxygen atoms in total. The summed E-state index contributed by atoms with van der Waals surface area (Å²) < 4.78 is 11.0. The zero-order valence-electron chi connectivity index (χ0n) is 18.6. The Bertz CT molecular complexity index is 1130. The first kappa shape index (κ1) is 20.4. The fourth-order valence-corrected chi connectivity index (χ4v) is 5.69. The maximum Gasteiger partial charge on any atom is 0.240 e. The van der Waals surface area contributed by atoms with Crippen molar-refractivity contribution < 1.29 is 14.1 Å². The van der Waals surface area contributed by atoms with E-state index >= 15 is 0 Å². The summed E-state index contributed by atoms with van der Waals surface area (Å²) in [4.78, 5) is 17.9. The summed E-state index contributed by atoms with van der Waals surface area (Å²) in [6.07, 6.45) is 6.88. The number of carbonyl (C=O) groups excluding carboxylic acids is 1. The topological polar surface area (TPSA) is 71.7 Å². The van der Waals surface area contributed by atoms with E-state index in [4.69, 9.17) is 9.26 Å². The zero-order chi connectivity index (χ0) is 22.2. The number of hydrogen-bond acceptors (Lipinski definition) is 6. The van der Waals surface area contributed by atoms with Crippen LogP contribution in [0.2, 0.25) is 0 Å². The molecule has 0 unspecified atom stereocenters. The van der Waals surface area contributed by atoms with Gasteiger partial charge in [0.1, 0.15) is 5.75 Å². The SMILES string of the molecule is O=C(C1CCCCC1)N1C[C@@H]2COc3ccccc3[C@@H]2N1Cc1cccc(-c2ncon2)c1. The van der Waals surface area contributed by atoms with E-state index in [1.54, 1.807) is 0 Å². The van der Waals surface area contributed by atoms with Gasteiger partial charge in [-0.15, -0.1) is 0 Å². The highest BCUT2D eigenvalue weighted by molar-refractivity contribution is 5.79. The van der Waals surface area contributed by atoms with Crippen LogP contribution in [0.3, 0.4) is 0 Å². The van der Waals surface area contributed by atoms with Gasteiger partial charge in [-0.3, -0.25) is 9.80 Å². The first-order valence-electron chi connectivity index (χ1n) is 11.9. The van der Waals surface area contributed by atoms with Gasteiger partial charge in [0.2, 0.25) is 18.1 Å². The number of fused-ring (bicyclic) bond motifs is 3. The molecule has 3 aliphatic rings. The summed E-state index contributed by atoms with van der Waals surface area (Å²) in [5.41, 5.74) is 3.19. The van der Waals surface area contributed by atoms with Crippen LogP contribution in [-0.4, -0.2) is 39.2 Å². The van der Waals surface area contributed by atoms with Gasteiger partial charge >= 0.3 is 0 Å². The predicted molar refractivity (Wildman–Crippen MR) is 122 cm³/mol. The van der Waals surface area contributed by atoms with E-state index in [2.05, 4.69) is 39.4 Å². The summed E-state index contributed by atoms with van der Waals surface area (Å²) in [7, 11) is 0. The van der Waals surface area contributed by atoms with Crippen molar-refractivity contribution in [3.8, 4) is 17.1 Å². The largest absolute Gasteiger partial charge is 0.493 e. The number of rotatable bonds is 4. The van der Waals surface area contributed by atoms with Crippen molar-refractivity contribution >= 4 is 5.91 Å². The lowest BCUT2D eigenvalue weighted by atomic mass is 9.88. The highest BCUT2D eigenvalue weighted by Crippen LogP contribution is 2.46. The van der Waals surface area contributed by atoms with Crippen molar-refractivity contribution in [1.29, 1.82) is 0 Å². The van der Waals surface area contributed by atoms with Crippen LogP contribution in [0, 0.1) is 11.8 Å². The lowest BCUT2D eigenvalue weighted by molar-refractivity contribution is -0.153. The number of aromatic nitrogens is 2. The van der Waals surface area contributed by atoms with Gasteiger partial charge in [-0.05, 0) is 30.5 Å². The Kier molecular flexibility index (Phi) is 5.34. The number of ether oxygens (including phenoxy) is 1. The monoisotopic (exact) mass is 444 g/mol. The van der Waals surface area contributed by atoms with E-state index in [0.717, 1.165) is 42.6 Å². The van der Waals surface area contributed by atoms with Crippen LogP contribution in [0.5, 0.6) is 5.75 Å². The normalized spacial score (nSPS) is 23.1. The van der Waals surface area contributed by atoms with Gasteiger partial charge < -0.3 is 9.26 Å². The molecule has 0 spiro atoms. The molecule has 0 radical (unpaired) electrons. The molecule has 3 aromatic rings. The number of para-hydroxylation sites is 1. The Hall–Kier alpha value is -3.19. The molecular formula is C26H28N4O3. The fraction of sp³-hybridized carbons (Fsp3) is 0.423. The van der Waals surface area contributed by atoms with E-state index in [9.17, 15) is 4.79 Å². The van der Waals surface area contributed by atoms with Crippen LogP contribution in [0.15, 0.2) is 59.4 Å². The predicted octanol–water partition coefficient (Wildman–Crippen LogP) is 4.63. The molecule has 33 heavy (non-hydrogen) atoms. The second-order valence-electron chi connectivity index (χ2n) is 9.36. The van der Waals surface area contributed by atoms with Crippen molar-refractivity contribution in [2.45, 2.75) is 44.7 Å². The minimum Gasteiger partial charge on any atom is -0.493 e. The van der Waals surface area contributed by atoms with Gasteiger partial charge in [0.25, 0.3) is 0 Å². The highest BCUT2D eigenvalue weighted by atomic mass is 16.5. The van der Waals surface area contributed by atoms with Gasteiger partial charge in [-0.1, -0.05) is 60.8 Å². The number of nitrogens with zero attached hydrogens (tertiary/aromatic N) is 4. The Balaban J connectivity index is 1.35. The first-order chi connectivity index (χ1) is 16.3. The van der Waals surface area contributed by atoms with Crippen molar-refractivity contribution in [3.63, 3.8) is 0 Å².